The minimum Gasteiger partial charge on any atom is -0.332 e. The first-order chi connectivity index (χ1) is 16.7. The van der Waals surface area contributed by atoms with Gasteiger partial charge in [-0.2, -0.15) is 4.98 Å². The van der Waals surface area contributed by atoms with E-state index in [2.05, 4.69) is 25.2 Å². The second-order valence-corrected chi connectivity index (χ2v) is 10.0. The van der Waals surface area contributed by atoms with Gasteiger partial charge in [0, 0.05) is 17.4 Å². The topological polar surface area (TPSA) is 127 Å². The number of carbonyl (C=O) groups is 1. The summed E-state index contributed by atoms with van der Waals surface area (Å²) in [6, 6.07) is 17.5. The maximum Gasteiger partial charge on any atom is 0.276 e. The van der Waals surface area contributed by atoms with Crippen LogP contribution in [0.3, 0.4) is 0 Å². The van der Waals surface area contributed by atoms with Gasteiger partial charge >= 0.3 is 0 Å². The largest absolute Gasteiger partial charge is 0.332 e. The number of sulfonamides is 1. The van der Waals surface area contributed by atoms with E-state index in [-0.39, 0.29) is 22.3 Å². The maximum atomic E-state index is 13.1. The predicted octanol–water partition coefficient (Wildman–Crippen LogP) is 4.53. The van der Waals surface area contributed by atoms with Crippen LogP contribution in [0.5, 0.6) is 0 Å². The number of halogens is 1. The average molecular weight is 496 g/mol. The molecule has 4 aromatic rings. The highest BCUT2D eigenvalue weighted by atomic mass is 32.2. The summed E-state index contributed by atoms with van der Waals surface area (Å²) in [5.74, 6) is -0.0948. The van der Waals surface area contributed by atoms with Crippen molar-refractivity contribution in [1.82, 2.24) is 15.1 Å². The fraction of sp³-hybridized carbons (Fsp3) is 0.167. The monoisotopic (exact) mass is 495 g/mol. The lowest BCUT2D eigenvalue weighted by atomic mass is 9.94. The number of nitrogens with zero attached hydrogens (tertiary/aromatic N) is 3. The van der Waals surface area contributed by atoms with Crippen molar-refractivity contribution in [1.29, 1.82) is 0 Å². The minimum atomic E-state index is -3.99. The predicted molar refractivity (Wildman–Crippen MR) is 129 cm³/mol. The smallest absolute Gasteiger partial charge is 0.276 e. The van der Waals surface area contributed by atoms with Gasteiger partial charge in [0.05, 0.1) is 16.0 Å². The summed E-state index contributed by atoms with van der Waals surface area (Å²) >= 11 is 0. The molecule has 2 aromatic carbocycles. The van der Waals surface area contributed by atoms with Crippen molar-refractivity contribution in [3.63, 3.8) is 0 Å². The lowest BCUT2D eigenvalue weighted by Gasteiger charge is -2.19. The highest BCUT2D eigenvalue weighted by Crippen LogP contribution is 2.26. The van der Waals surface area contributed by atoms with Gasteiger partial charge in [0.15, 0.2) is 0 Å². The number of pyridine rings is 1. The summed E-state index contributed by atoms with van der Waals surface area (Å²) in [5, 5.41) is 6.53. The van der Waals surface area contributed by atoms with Crippen molar-refractivity contribution in [2.24, 2.45) is 5.41 Å². The van der Waals surface area contributed by atoms with Gasteiger partial charge < -0.3 is 9.84 Å². The van der Waals surface area contributed by atoms with Crippen LogP contribution in [0, 0.1) is 5.41 Å². The molecule has 0 aliphatic carbocycles. The quantitative estimate of drug-likeness (QED) is 0.367. The molecule has 0 unspecified atom stereocenters. The van der Waals surface area contributed by atoms with E-state index in [1.807, 2.05) is 0 Å². The summed E-state index contributed by atoms with van der Waals surface area (Å²) in [6.07, 6.45) is 1.60. The Morgan fingerprint density at radius 1 is 1.03 bits per heavy atom. The Kier molecular flexibility index (Phi) is 6.61. The zero-order valence-corrected chi connectivity index (χ0v) is 19.7. The van der Waals surface area contributed by atoms with Crippen LogP contribution < -0.4 is 10.0 Å². The van der Waals surface area contributed by atoms with Crippen LogP contribution in [0.25, 0.3) is 23.0 Å². The van der Waals surface area contributed by atoms with E-state index in [4.69, 9.17) is 4.52 Å². The summed E-state index contributed by atoms with van der Waals surface area (Å²) in [4.78, 5) is 20.7. The zero-order chi connectivity index (χ0) is 25.1. The molecule has 0 aliphatic heterocycles. The summed E-state index contributed by atoms with van der Waals surface area (Å²) in [7, 11) is -3.99. The van der Waals surface area contributed by atoms with Crippen LogP contribution in [0.2, 0.25) is 0 Å². The van der Waals surface area contributed by atoms with Crippen LogP contribution >= 0.6 is 0 Å². The Morgan fingerprint density at radius 2 is 1.80 bits per heavy atom. The van der Waals surface area contributed by atoms with Crippen molar-refractivity contribution in [3.8, 4) is 23.0 Å². The van der Waals surface area contributed by atoms with Crippen LogP contribution in [0.4, 0.5) is 15.8 Å². The van der Waals surface area contributed by atoms with Gasteiger partial charge in [-0.05, 0) is 56.3 Å². The average Bonchev–Trinajstić information content (AvgIpc) is 3.35. The Balaban J connectivity index is 1.54. The lowest BCUT2D eigenvalue weighted by molar-refractivity contribution is -0.124. The molecular weight excluding hydrogens is 473 g/mol. The number of aromatic nitrogens is 3. The second kappa shape index (κ2) is 9.63. The van der Waals surface area contributed by atoms with Gasteiger partial charge in [0.2, 0.25) is 11.7 Å². The Morgan fingerprint density at radius 3 is 2.54 bits per heavy atom. The van der Waals surface area contributed by atoms with E-state index in [1.54, 1.807) is 48.7 Å². The molecule has 180 valence electrons. The Hall–Kier alpha value is -4.12. The first-order valence-electron chi connectivity index (χ1n) is 10.5. The minimum absolute atomic E-state index is 0.0211. The fourth-order valence-corrected chi connectivity index (χ4v) is 4.07. The molecule has 0 saturated heterocycles. The van der Waals surface area contributed by atoms with Crippen molar-refractivity contribution < 1.29 is 22.1 Å². The lowest BCUT2D eigenvalue weighted by Crippen LogP contribution is -2.32. The molecule has 0 spiro atoms. The molecule has 2 N–H and O–H groups in total. The molecular formula is C24H22FN5O4S. The van der Waals surface area contributed by atoms with Crippen LogP contribution in [-0.2, 0) is 14.8 Å². The number of amides is 1. The van der Waals surface area contributed by atoms with Gasteiger partial charge in [-0.15, -0.1) is 0 Å². The summed E-state index contributed by atoms with van der Waals surface area (Å²) in [6.45, 7) is 2.13. The molecule has 0 fully saturated rings. The molecule has 4 rings (SSSR count). The number of rotatable bonds is 8. The van der Waals surface area contributed by atoms with Crippen LogP contribution in [0.15, 0.2) is 82.3 Å². The molecule has 9 nitrogen and oxygen atoms in total. The molecule has 0 atom stereocenters. The molecule has 2 heterocycles. The third kappa shape index (κ3) is 5.52. The van der Waals surface area contributed by atoms with Crippen molar-refractivity contribution >= 4 is 27.3 Å². The van der Waals surface area contributed by atoms with Crippen LogP contribution in [-0.4, -0.2) is 36.1 Å². The molecule has 35 heavy (non-hydrogen) atoms. The van der Waals surface area contributed by atoms with E-state index in [0.717, 1.165) is 0 Å². The number of hydrogen-bond donors (Lipinski definition) is 2. The number of nitrogens with one attached hydrogen (secondary N) is 2. The first kappa shape index (κ1) is 24.0. The van der Waals surface area contributed by atoms with Crippen LogP contribution in [0.1, 0.15) is 13.8 Å². The highest BCUT2D eigenvalue weighted by Gasteiger charge is 2.27. The summed E-state index contributed by atoms with van der Waals surface area (Å²) in [5.41, 5.74) is 0.288. The zero-order valence-electron chi connectivity index (χ0n) is 18.9. The normalized spacial score (nSPS) is 11.7. The van der Waals surface area contributed by atoms with Crippen molar-refractivity contribution in [2.75, 3.05) is 16.7 Å². The van der Waals surface area contributed by atoms with E-state index < -0.39 is 28.0 Å². The van der Waals surface area contributed by atoms with Crippen molar-refractivity contribution in [2.45, 2.75) is 18.7 Å². The maximum absolute atomic E-state index is 13.1. The van der Waals surface area contributed by atoms with Crippen molar-refractivity contribution in [3.05, 3.63) is 72.9 Å². The first-order valence-corrected chi connectivity index (χ1v) is 12.0. The Labute approximate surface area is 201 Å². The SMILES string of the molecule is CC(C)(CF)C(=O)Nc1cccc(NS(=O)(=O)c2cccc(-c3noc(-c4ccccn4)n3)c2)c1. The molecule has 11 heteroatoms. The van der Waals surface area contributed by atoms with E-state index in [9.17, 15) is 17.6 Å². The standard InChI is InChI=1S/C24H22FN5O4S/c1-24(2,15-25)23(31)27-17-8-6-9-18(14-17)30-35(32,33)19-10-5-7-16(13-19)21-28-22(34-29-21)20-11-3-4-12-26-20/h3-14,30H,15H2,1-2H3,(H,27,31). The van der Waals surface area contributed by atoms with E-state index in [0.29, 0.717) is 16.9 Å². The number of hydrogen-bond acceptors (Lipinski definition) is 7. The molecule has 0 saturated carbocycles. The van der Waals surface area contributed by atoms with Gasteiger partial charge in [0.25, 0.3) is 15.9 Å². The number of benzene rings is 2. The number of alkyl halides is 1. The van der Waals surface area contributed by atoms with E-state index >= 15 is 0 Å². The third-order valence-corrected chi connectivity index (χ3v) is 6.41. The van der Waals surface area contributed by atoms with Gasteiger partial charge in [-0.25, -0.2) is 12.8 Å². The molecule has 2 aromatic heterocycles. The van der Waals surface area contributed by atoms with Gasteiger partial charge in [-0.3, -0.25) is 14.5 Å². The van der Waals surface area contributed by atoms with Gasteiger partial charge in [0.1, 0.15) is 12.4 Å². The fourth-order valence-electron chi connectivity index (χ4n) is 2.97. The highest BCUT2D eigenvalue weighted by molar-refractivity contribution is 7.92. The van der Waals surface area contributed by atoms with E-state index in [1.165, 1.54) is 38.1 Å². The molecule has 1 amide bonds. The molecule has 0 aliphatic rings. The molecule has 0 bridgehead atoms. The number of carbonyl (C=O) groups excluding carboxylic acids is 1. The molecule has 0 radical (unpaired) electrons. The summed E-state index contributed by atoms with van der Waals surface area (Å²) < 4.78 is 46.9. The Bertz CT molecular complexity index is 1460. The second-order valence-electron chi connectivity index (χ2n) is 8.32. The number of anilines is 2. The van der Waals surface area contributed by atoms with Gasteiger partial charge in [-0.1, -0.05) is 29.4 Å². The third-order valence-electron chi connectivity index (χ3n) is 5.03.